The minimum absolute atomic E-state index is 0.0938. The smallest absolute Gasteiger partial charge is 0.337 e. The van der Waals surface area contributed by atoms with Gasteiger partial charge in [-0.15, -0.1) is 0 Å². The summed E-state index contributed by atoms with van der Waals surface area (Å²) < 4.78 is 0. The summed E-state index contributed by atoms with van der Waals surface area (Å²) in [5.41, 5.74) is 0.410. The Bertz CT molecular complexity index is 455. The van der Waals surface area contributed by atoms with Crippen LogP contribution < -0.4 is 10.6 Å². The number of nitrogens with one attached hydrogen (secondary N) is 2. The zero-order valence-corrected chi connectivity index (χ0v) is 9.98. The van der Waals surface area contributed by atoms with Crippen molar-refractivity contribution in [2.75, 3.05) is 11.9 Å². The van der Waals surface area contributed by atoms with Crippen LogP contribution in [0.1, 0.15) is 29.6 Å². The summed E-state index contributed by atoms with van der Waals surface area (Å²) in [7, 11) is 0. The Morgan fingerprint density at radius 2 is 2.00 bits per heavy atom. The van der Waals surface area contributed by atoms with Gasteiger partial charge in [0.15, 0.2) is 0 Å². The minimum atomic E-state index is -1.05. The molecular weight excluding hydrogens is 232 g/mol. The number of para-hydroxylation sites is 1. The van der Waals surface area contributed by atoms with Crippen LogP contribution in [-0.4, -0.2) is 23.7 Å². The average Bonchev–Trinajstić information content (AvgIpc) is 2.27. The molecule has 0 aliphatic heterocycles. The molecule has 0 bridgehead atoms. The number of aromatic carboxylic acids is 1. The van der Waals surface area contributed by atoms with Gasteiger partial charge in [-0.05, 0) is 30.9 Å². The normalized spacial score (nSPS) is 14.7. The molecule has 0 heterocycles. The lowest BCUT2D eigenvalue weighted by atomic mass is 9.85. The maximum absolute atomic E-state index is 11.6. The van der Waals surface area contributed by atoms with Gasteiger partial charge in [0.25, 0.3) is 0 Å². The molecule has 1 aromatic carbocycles. The van der Waals surface area contributed by atoms with E-state index in [1.54, 1.807) is 18.2 Å². The highest BCUT2D eigenvalue weighted by molar-refractivity contribution is 5.99. The van der Waals surface area contributed by atoms with Crippen molar-refractivity contribution in [1.29, 1.82) is 0 Å². The quantitative estimate of drug-likeness (QED) is 0.765. The number of amides is 2. The maximum atomic E-state index is 11.6. The number of hydrogen-bond acceptors (Lipinski definition) is 2. The highest BCUT2D eigenvalue weighted by Crippen LogP contribution is 2.25. The summed E-state index contributed by atoms with van der Waals surface area (Å²) in [5.74, 6) is -0.477. The fourth-order valence-electron chi connectivity index (χ4n) is 1.88. The van der Waals surface area contributed by atoms with Crippen LogP contribution in [0.5, 0.6) is 0 Å². The van der Waals surface area contributed by atoms with Crippen LogP contribution in [0.2, 0.25) is 0 Å². The lowest BCUT2D eigenvalue weighted by molar-refractivity contribution is 0.0698. The van der Waals surface area contributed by atoms with E-state index < -0.39 is 5.97 Å². The molecule has 2 amide bonds. The van der Waals surface area contributed by atoms with Gasteiger partial charge in [-0.25, -0.2) is 9.59 Å². The summed E-state index contributed by atoms with van der Waals surface area (Å²) in [4.78, 5) is 22.6. The third-order valence-electron chi connectivity index (χ3n) is 3.18. The zero-order valence-electron chi connectivity index (χ0n) is 9.98. The molecule has 3 N–H and O–H groups in total. The average molecular weight is 248 g/mol. The van der Waals surface area contributed by atoms with Crippen LogP contribution in [0.3, 0.4) is 0 Å². The van der Waals surface area contributed by atoms with Gasteiger partial charge < -0.3 is 15.7 Å². The number of hydrogen-bond donors (Lipinski definition) is 3. The Kier molecular flexibility index (Phi) is 3.82. The number of rotatable bonds is 4. The molecule has 1 saturated carbocycles. The summed E-state index contributed by atoms with van der Waals surface area (Å²) in [6.45, 7) is 0.654. The van der Waals surface area contributed by atoms with E-state index in [0.717, 1.165) is 12.8 Å². The van der Waals surface area contributed by atoms with E-state index >= 15 is 0 Å². The number of anilines is 1. The Morgan fingerprint density at radius 3 is 2.61 bits per heavy atom. The lowest BCUT2D eigenvalue weighted by Gasteiger charge is -2.25. The van der Waals surface area contributed by atoms with Crippen molar-refractivity contribution in [2.24, 2.45) is 5.92 Å². The molecule has 0 saturated heterocycles. The van der Waals surface area contributed by atoms with E-state index in [9.17, 15) is 9.59 Å². The van der Waals surface area contributed by atoms with E-state index in [0.29, 0.717) is 18.2 Å². The molecule has 1 aliphatic rings. The molecule has 1 fully saturated rings. The van der Waals surface area contributed by atoms with Crippen molar-refractivity contribution < 1.29 is 14.7 Å². The second-order valence-corrected chi connectivity index (χ2v) is 4.48. The molecule has 1 aliphatic carbocycles. The van der Waals surface area contributed by atoms with E-state index in [4.69, 9.17) is 5.11 Å². The lowest BCUT2D eigenvalue weighted by Crippen LogP contribution is -2.35. The van der Waals surface area contributed by atoms with Crippen LogP contribution in [0.4, 0.5) is 10.5 Å². The first-order valence-corrected chi connectivity index (χ1v) is 6.04. The summed E-state index contributed by atoms with van der Waals surface area (Å²) >= 11 is 0. The molecular formula is C13H16N2O3. The fourth-order valence-corrected chi connectivity index (χ4v) is 1.88. The summed E-state index contributed by atoms with van der Waals surface area (Å²) in [5, 5.41) is 14.3. The molecule has 96 valence electrons. The third-order valence-corrected chi connectivity index (χ3v) is 3.18. The highest BCUT2D eigenvalue weighted by Gasteiger charge is 2.18. The molecule has 0 atom stereocenters. The predicted molar refractivity (Wildman–Crippen MR) is 67.8 cm³/mol. The topological polar surface area (TPSA) is 78.4 Å². The molecule has 5 heteroatoms. The highest BCUT2D eigenvalue weighted by atomic mass is 16.4. The third kappa shape index (κ3) is 3.00. The maximum Gasteiger partial charge on any atom is 0.337 e. The van der Waals surface area contributed by atoms with Gasteiger partial charge in [0.2, 0.25) is 0 Å². The van der Waals surface area contributed by atoms with E-state index in [1.165, 1.54) is 12.5 Å². The Labute approximate surface area is 105 Å². The summed E-state index contributed by atoms with van der Waals surface area (Å²) in [6, 6.07) is 6.00. The molecule has 0 radical (unpaired) electrons. The SMILES string of the molecule is O=C(NCC1CCC1)Nc1ccccc1C(=O)O. The number of carbonyl (C=O) groups excluding carboxylic acids is 1. The first kappa shape index (κ1) is 12.4. The number of carboxylic acids is 1. The van der Waals surface area contributed by atoms with Crippen molar-refractivity contribution in [2.45, 2.75) is 19.3 Å². The molecule has 0 aromatic heterocycles. The second-order valence-electron chi connectivity index (χ2n) is 4.48. The van der Waals surface area contributed by atoms with Crippen LogP contribution in [0.25, 0.3) is 0 Å². The number of urea groups is 1. The van der Waals surface area contributed by atoms with Gasteiger partial charge in [-0.2, -0.15) is 0 Å². The molecule has 0 unspecified atom stereocenters. The largest absolute Gasteiger partial charge is 0.478 e. The first-order valence-electron chi connectivity index (χ1n) is 6.04. The van der Waals surface area contributed by atoms with Crippen LogP contribution in [-0.2, 0) is 0 Å². The van der Waals surface area contributed by atoms with Crippen molar-refractivity contribution in [3.8, 4) is 0 Å². The van der Waals surface area contributed by atoms with Crippen LogP contribution >= 0.6 is 0 Å². The molecule has 5 nitrogen and oxygen atoms in total. The Hall–Kier alpha value is -2.04. The van der Waals surface area contributed by atoms with Gasteiger partial charge in [0, 0.05) is 6.54 Å². The van der Waals surface area contributed by atoms with Crippen LogP contribution in [0.15, 0.2) is 24.3 Å². The van der Waals surface area contributed by atoms with E-state index in [-0.39, 0.29) is 11.6 Å². The second kappa shape index (κ2) is 5.53. The molecule has 1 aromatic rings. The Balaban J connectivity index is 1.91. The number of carbonyl (C=O) groups is 2. The van der Waals surface area contributed by atoms with Crippen molar-refractivity contribution in [3.63, 3.8) is 0 Å². The van der Waals surface area contributed by atoms with Gasteiger partial charge in [-0.3, -0.25) is 0 Å². The number of carboxylic acid groups (broad SMARTS) is 1. The van der Waals surface area contributed by atoms with Gasteiger partial charge in [-0.1, -0.05) is 18.6 Å². The number of benzene rings is 1. The predicted octanol–water partition coefficient (Wildman–Crippen LogP) is 2.31. The minimum Gasteiger partial charge on any atom is -0.478 e. The molecule has 0 spiro atoms. The monoisotopic (exact) mass is 248 g/mol. The molecule has 2 rings (SSSR count). The van der Waals surface area contributed by atoms with Crippen molar-refractivity contribution in [3.05, 3.63) is 29.8 Å². The first-order chi connectivity index (χ1) is 8.66. The zero-order chi connectivity index (χ0) is 13.0. The Morgan fingerprint density at radius 1 is 1.28 bits per heavy atom. The van der Waals surface area contributed by atoms with Gasteiger partial charge in [0.1, 0.15) is 0 Å². The van der Waals surface area contributed by atoms with Gasteiger partial charge in [0.05, 0.1) is 11.3 Å². The fraction of sp³-hybridized carbons (Fsp3) is 0.385. The van der Waals surface area contributed by atoms with E-state index in [2.05, 4.69) is 10.6 Å². The van der Waals surface area contributed by atoms with E-state index in [1.807, 2.05) is 0 Å². The van der Waals surface area contributed by atoms with Crippen LogP contribution in [0, 0.1) is 5.92 Å². The van der Waals surface area contributed by atoms with Crippen molar-refractivity contribution in [1.82, 2.24) is 5.32 Å². The summed E-state index contributed by atoms with van der Waals surface area (Å²) in [6.07, 6.45) is 3.55. The standard InChI is InChI=1S/C13H16N2O3/c16-12(17)10-6-1-2-7-11(10)15-13(18)14-8-9-4-3-5-9/h1-2,6-7,9H,3-5,8H2,(H,16,17)(H2,14,15,18). The van der Waals surface area contributed by atoms with Crippen molar-refractivity contribution >= 4 is 17.7 Å². The molecule has 18 heavy (non-hydrogen) atoms. The van der Waals surface area contributed by atoms with Gasteiger partial charge >= 0.3 is 12.0 Å².